The number of nitrogens with two attached hydrogens (primary N) is 1. The van der Waals surface area contributed by atoms with Crippen LogP contribution in [0.3, 0.4) is 0 Å². The predicted molar refractivity (Wildman–Crippen MR) is 98.1 cm³/mol. The number of nitrogens with one attached hydrogen (secondary N) is 1. The highest BCUT2D eigenvalue weighted by Crippen LogP contribution is 2.15. The number of urea groups is 1. The molecule has 0 fully saturated rings. The average molecular weight is 374 g/mol. The second kappa shape index (κ2) is 8.93. The van der Waals surface area contributed by atoms with E-state index < -0.39 is 24.0 Å². The van der Waals surface area contributed by atoms with Gasteiger partial charge in [-0.2, -0.15) is 5.10 Å². The van der Waals surface area contributed by atoms with Crippen LogP contribution in [0.15, 0.2) is 29.1 Å². The van der Waals surface area contributed by atoms with Gasteiger partial charge in [0, 0.05) is 11.9 Å². The molecule has 2 aromatic rings. The first-order valence-electron chi connectivity index (χ1n) is 8.66. The normalized spacial score (nSPS) is 11.8. The molecule has 0 radical (unpaired) electrons. The van der Waals surface area contributed by atoms with Gasteiger partial charge in [0.05, 0.1) is 5.39 Å². The highest BCUT2D eigenvalue weighted by atomic mass is 16.5. The van der Waals surface area contributed by atoms with Gasteiger partial charge in [0.25, 0.3) is 11.5 Å². The van der Waals surface area contributed by atoms with Crippen molar-refractivity contribution in [2.75, 3.05) is 0 Å². The summed E-state index contributed by atoms with van der Waals surface area (Å²) < 4.78 is 6.33. The van der Waals surface area contributed by atoms with Crippen LogP contribution >= 0.6 is 0 Å². The number of esters is 1. The van der Waals surface area contributed by atoms with Crippen LogP contribution in [0.5, 0.6) is 0 Å². The molecule has 3 N–H and O–H groups in total. The molecule has 0 saturated heterocycles. The van der Waals surface area contributed by atoms with Gasteiger partial charge in [-0.05, 0) is 19.4 Å². The lowest BCUT2D eigenvalue weighted by Gasteiger charge is -2.14. The lowest BCUT2D eigenvalue weighted by atomic mass is 10.1. The molecule has 0 saturated carbocycles. The Morgan fingerprint density at radius 3 is 2.52 bits per heavy atom. The third kappa shape index (κ3) is 4.90. The first-order valence-corrected chi connectivity index (χ1v) is 8.66. The summed E-state index contributed by atoms with van der Waals surface area (Å²) in [4.78, 5) is 47.6. The van der Waals surface area contributed by atoms with E-state index in [2.05, 4.69) is 5.10 Å². The number of primary amides is 1. The number of benzene rings is 1. The molecule has 0 spiro atoms. The molecule has 0 unspecified atom stereocenters. The molecular weight excluding hydrogens is 352 g/mol. The summed E-state index contributed by atoms with van der Waals surface area (Å²) in [5, 5.41) is 6.66. The minimum atomic E-state index is -1.26. The average Bonchev–Trinajstić information content (AvgIpc) is 2.63. The van der Waals surface area contributed by atoms with Crippen LogP contribution in [0, 0.1) is 0 Å². The van der Waals surface area contributed by atoms with Crippen LogP contribution in [0.25, 0.3) is 10.8 Å². The molecule has 0 aliphatic heterocycles. The van der Waals surface area contributed by atoms with Crippen molar-refractivity contribution in [2.24, 2.45) is 5.73 Å². The SMILES string of the molecule is CCCCCn1nc(C(=O)O[C@@H](C)C(=O)NC(N)=O)c2ccccc2c1=O. The number of hydrogen-bond acceptors (Lipinski definition) is 6. The van der Waals surface area contributed by atoms with E-state index in [0.29, 0.717) is 17.3 Å². The molecule has 0 aliphatic carbocycles. The zero-order chi connectivity index (χ0) is 20.0. The Morgan fingerprint density at radius 1 is 1.22 bits per heavy atom. The number of fused-ring (bicyclic) bond motifs is 1. The van der Waals surface area contributed by atoms with Crippen LogP contribution in [0.4, 0.5) is 4.79 Å². The van der Waals surface area contributed by atoms with Crippen molar-refractivity contribution in [2.45, 2.75) is 45.8 Å². The van der Waals surface area contributed by atoms with E-state index in [9.17, 15) is 19.2 Å². The molecule has 3 amide bonds. The maximum absolute atomic E-state index is 12.6. The van der Waals surface area contributed by atoms with Crippen LogP contribution in [0.1, 0.15) is 43.6 Å². The summed E-state index contributed by atoms with van der Waals surface area (Å²) >= 11 is 0. The van der Waals surface area contributed by atoms with E-state index >= 15 is 0 Å². The van der Waals surface area contributed by atoms with Gasteiger partial charge in [0.1, 0.15) is 0 Å². The maximum atomic E-state index is 12.6. The molecule has 2 rings (SSSR count). The quantitative estimate of drug-likeness (QED) is 0.555. The molecule has 144 valence electrons. The number of amides is 3. The Hall–Kier alpha value is -3.23. The fourth-order valence-electron chi connectivity index (χ4n) is 2.54. The number of rotatable bonds is 7. The van der Waals surface area contributed by atoms with E-state index in [0.717, 1.165) is 19.3 Å². The highest BCUT2D eigenvalue weighted by Gasteiger charge is 2.23. The van der Waals surface area contributed by atoms with Gasteiger partial charge >= 0.3 is 12.0 Å². The standard InChI is InChI=1S/C18H22N4O5/c1-3-4-7-10-22-16(24)13-9-6-5-8-12(13)14(21-22)17(25)27-11(2)15(23)20-18(19)26/h5-6,8-9,11H,3-4,7,10H2,1-2H3,(H3,19,20,23,26)/t11-/m0/s1. The molecule has 1 aromatic heterocycles. The number of carbonyl (C=O) groups is 3. The number of nitrogens with zero attached hydrogens (tertiary/aromatic N) is 2. The van der Waals surface area contributed by atoms with Gasteiger partial charge in [0.15, 0.2) is 11.8 Å². The monoisotopic (exact) mass is 374 g/mol. The van der Waals surface area contributed by atoms with Gasteiger partial charge in [-0.15, -0.1) is 0 Å². The van der Waals surface area contributed by atoms with E-state index in [-0.39, 0.29) is 11.3 Å². The number of carbonyl (C=O) groups excluding carboxylic acids is 3. The maximum Gasteiger partial charge on any atom is 0.360 e. The number of aryl methyl sites for hydroxylation is 1. The van der Waals surface area contributed by atoms with Gasteiger partial charge < -0.3 is 10.5 Å². The third-order valence-electron chi connectivity index (χ3n) is 3.93. The third-order valence-corrected chi connectivity index (χ3v) is 3.93. The summed E-state index contributed by atoms with van der Waals surface area (Å²) in [6.45, 7) is 3.71. The van der Waals surface area contributed by atoms with Gasteiger partial charge in [-0.25, -0.2) is 14.3 Å². The van der Waals surface area contributed by atoms with Crippen molar-refractivity contribution in [1.29, 1.82) is 0 Å². The fourth-order valence-corrected chi connectivity index (χ4v) is 2.54. The molecule has 1 aromatic carbocycles. The van der Waals surface area contributed by atoms with Crippen molar-refractivity contribution in [3.8, 4) is 0 Å². The summed E-state index contributed by atoms with van der Waals surface area (Å²) in [6.07, 6.45) is 1.38. The van der Waals surface area contributed by atoms with Crippen LogP contribution in [-0.2, 0) is 16.1 Å². The largest absolute Gasteiger partial charge is 0.448 e. The van der Waals surface area contributed by atoms with Gasteiger partial charge in [-0.3, -0.25) is 14.9 Å². The molecule has 0 aliphatic rings. The summed E-state index contributed by atoms with van der Waals surface area (Å²) in [5.41, 5.74) is 4.52. The van der Waals surface area contributed by atoms with Crippen molar-refractivity contribution in [1.82, 2.24) is 15.1 Å². The van der Waals surface area contributed by atoms with Crippen LogP contribution < -0.4 is 16.6 Å². The van der Waals surface area contributed by atoms with Gasteiger partial charge in [0.2, 0.25) is 0 Å². The first-order chi connectivity index (χ1) is 12.8. The Balaban J connectivity index is 2.36. The van der Waals surface area contributed by atoms with Gasteiger partial charge in [-0.1, -0.05) is 38.0 Å². The van der Waals surface area contributed by atoms with E-state index in [1.807, 2.05) is 12.2 Å². The van der Waals surface area contributed by atoms with Crippen molar-refractivity contribution >= 4 is 28.7 Å². The molecule has 9 nitrogen and oxygen atoms in total. The van der Waals surface area contributed by atoms with Crippen molar-refractivity contribution < 1.29 is 19.1 Å². The second-order valence-corrected chi connectivity index (χ2v) is 6.03. The minimum absolute atomic E-state index is 0.0691. The number of ether oxygens (including phenoxy) is 1. The topological polar surface area (TPSA) is 133 Å². The molecule has 9 heteroatoms. The zero-order valence-electron chi connectivity index (χ0n) is 15.2. The molecule has 1 atom stereocenters. The smallest absolute Gasteiger partial charge is 0.360 e. The minimum Gasteiger partial charge on any atom is -0.448 e. The van der Waals surface area contributed by atoms with Crippen LogP contribution in [-0.4, -0.2) is 33.8 Å². The second-order valence-electron chi connectivity index (χ2n) is 6.03. The summed E-state index contributed by atoms with van der Waals surface area (Å²) in [7, 11) is 0. The number of unbranched alkanes of at least 4 members (excludes halogenated alkanes) is 2. The van der Waals surface area contributed by atoms with Crippen LogP contribution in [0.2, 0.25) is 0 Å². The number of hydrogen-bond donors (Lipinski definition) is 2. The van der Waals surface area contributed by atoms with Crippen molar-refractivity contribution in [3.05, 3.63) is 40.3 Å². The fraction of sp³-hybridized carbons (Fsp3) is 0.389. The molecule has 27 heavy (non-hydrogen) atoms. The van der Waals surface area contributed by atoms with E-state index in [4.69, 9.17) is 10.5 Å². The first kappa shape index (κ1) is 20.1. The molecule has 0 bridgehead atoms. The van der Waals surface area contributed by atoms with E-state index in [1.54, 1.807) is 24.3 Å². The lowest BCUT2D eigenvalue weighted by Crippen LogP contribution is -2.42. The highest BCUT2D eigenvalue weighted by molar-refractivity contribution is 6.03. The molecule has 1 heterocycles. The Morgan fingerprint density at radius 2 is 1.89 bits per heavy atom. The Bertz CT molecular complexity index is 922. The predicted octanol–water partition coefficient (Wildman–Crippen LogP) is 1.33. The summed E-state index contributed by atoms with van der Waals surface area (Å²) in [6, 6.07) is 5.51. The lowest BCUT2D eigenvalue weighted by molar-refractivity contribution is -0.127. The zero-order valence-corrected chi connectivity index (χ0v) is 15.2. The summed E-state index contributed by atoms with van der Waals surface area (Å²) in [5.74, 6) is -1.72. The Labute approximate surface area is 155 Å². The van der Waals surface area contributed by atoms with Crippen molar-refractivity contribution in [3.63, 3.8) is 0 Å². The Kier molecular flexibility index (Phi) is 6.64. The number of aromatic nitrogens is 2. The number of imide groups is 1. The molecular formula is C18H22N4O5. The van der Waals surface area contributed by atoms with E-state index in [1.165, 1.54) is 11.6 Å².